The van der Waals surface area contributed by atoms with Gasteiger partial charge in [-0.2, -0.15) is 0 Å². The van der Waals surface area contributed by atoms with Crippen molar-refractivity contribution in [2.24, 2.45) is 5.73 Å². The quantitative estimate of drug-likeness (QED) is 0.819. The SMILES string of the molecule is CCN1CCC(CN)(N(C)C2CCN(C)CC2)CC1. The smallest absolute Gasteiger partial charge is 0.0355 e. The van der Waals surface area contributed by atoms with Gasteiger partial charge < -0.3 is 15.5 Å². The van der Waals surface area contributed by atoms with Crippen molar-refractivity contribution in [3.05, 3.63) is 0 Å². The summed E-state index contributed by atoms with van der Waals surface area (Å²) >= 11 is 0. The van der Waals surface area contributed by atoms with Gasteiger partial charge in [0.1, 0.15) is 0 Å². The Hall–Kier alpha value is -0.160. The Balaban J connectivity index is 1.96. The minimum Gasteiger partial charge on any atom is -0.329 e. The molecule has 0 unspecified atom stereocenters. The van der Waals surface area contributed by atoms with Crippen LogP contribution in [0, 0.1) is 0 Å². The number of likely N-dealkylation sites (tertiary alicyclic amines) is 2. The van der Waals surface area contributed by atoms with Crippen LogP contribution in [0.15, 0.2) is 0 Å². The van der Waals surface area contributed by atoms with E-state index in [2.05, 4.69) is 35.7 Å². The summed E-state index contributed by atoms with van der Waals surface area (Å²) in [5.41, 5.74) is 6.45. The zero-order chi connectivity index (χ0) is 13.9. The molecule has 0 aromatic heterocycles. The Morgan fingerprint density at radius 3 is 2.21 bits per heavy atom. The van der Waals surface area contributed by atoms with Crippen molar-refractivity contribution in [2.45, 2.75) is 44.2 Å². The summed E-state index contributed by atoms with van der Waals surface area (Å²) in [4.78, 5) is 7.64. The zero-order valence-corrected chi connectivity index (χ0v) is 13.1. The van der Waals surface area contributed by atoms with Crippen molar-refractivity contribution in [3.8, 4) is 0 Å². The van der Waals surface area contributed by atoms with Crippen LogP contribution in [0.2, 0.25) is 0 Å². The van der Waals surface area contributed by atoms with Crippen LogP contribution in [-0.4, -0.2) is 79.6 Å². The summed E-state index contributed by atoms with van der Waals surface area (Å²) < 4.78 is 0. The molecule has 2 rings (SSSR count). The van der Waals surface area contributed by atoms with E-state index in [-0.39, 0.29) is 5.54 Å². The summed E-state index contributed by atoms with van der Waals surface area (Å²) in [5.74, 6) is 0. The summed E-state index contributed by atoms with van der Waals surface area (Å²) in [6.45, 7) is 9.14. The molecule has 0 saturated carbocycles. The second-order valence-corrected chi connectivity index (χ2v) is 6.51. The van der Waals surface area contributed by atoms with Crippen LogP contribution in [0.25, 0.3) is 0 Å². The van der Waals surface area contributed by atoms with E-state index in [0.29, 0.717) is 0 Å². The van der Waals surface area contributed by atoms with Crippen LogP contribution in [0.5, 0.6) is 0 Å². The molecule has 0 radical (unpaired) electrons. The number of nitrogens with two attached hydrogens (primary N) is 1. The van der Waals surface area contributed by atoms with Gasteiger partial charge in [0.05, 0.1) is 0 Å². The van der Waals surface area contributed by atoms with Gasteiger partial charge in [-0.15, -0.1) is 0 Å². The lowest BCUT2D eigenvalue weighted by molar-refractivity contribution is -0.000361. The van der Waals surface area contributed by atoms with Crippen molar-refractivity contribution >= 4 is 0 Å². The van der Waals surface area contributed by atoms with Gasteiger partial charge in [-0.3, -0.25) is 4.90 Å². The summed E-state index contributed by atoms with van der Waals surface area (Å²) in [7, 11) is 4.55. The molecule has 4 nitrogen and oxygen atoms in total. The highest BCUT2D eigenvalue weighted by molar-refractivity contribution is 4.98. The molecule has 2 aliphatic heterocycles. The molecule has 4 heteroatoms. The van der Waals surface area contributed by atoms with Gasteiger partial charge in [0, 0.05) is 18.1 Å². The molecule has 0 aliphatic carbocycles. The summed E-state index contributed by atoms with van der Waals surface area (Å²) in [5, 5.41) is 0. The van der Waals surface area contributed by atoms with Crippen LogP contribution in [0.4, 0.5) is 0 Å². The van der Waals surface area contributed by atoms with Crippen LogP contribution >= 0.6 is 0 Å². The molecule has 0 bridgehead atoms. The maximum atomic E-state index is 6.19. The van der Waals surface area contributed by atoms with E-state index in [1.807, 2.05) is 0 Å². The third kappa shape index (κ3) is 3.30. The highest BCUT2D eigenvalue weighted by Gasteiger charge is 2.40. The van der Waals surface area contributed by atoms with Crippen LogP contribution in [-0.2, 0) is 0 Å². The van der Waals surface area contributed by atoms with Gasteiger partial charge in [0.2, 0.25) is 0 Å². The molecule has 2 N–H and O–H groups in total. The average Bonchev–Trinajstić information content (AvgIpc) is 2.47. The Labute approximate surface area is 118 Å². The first-order valence-corrected chi connectivity index (χ1v) is 7.95. The fourth-order valence-electron chi connectivity index (χ4n) is 3.76. The Morgan fingerprint density at radius 2 is 1.74 bits per heavy atom. The molecule has 19 heavy (non-hydrogen) atoms. The molecular weight excluding hydrogens is 236 g/mol. The molecule has 0 amide bonds. The van der Waals surface area contributed by atoms with Crippen LogP contribution in [0.1, 0.15) is 32.6 Å². The molecule has 112 valence electrons. The van der Waals surface area contributed by atoms with E-state index in [1.54, 1.807) is 0 Å². The lowest BCUT2D eigenvalue weighted by Crippen LogP contribution is -2.61. The first-order chi connectivity index (χ1) is 9.11. The van der Waals surface area contributed by atoms with Crippen LogP contribution in [0.3, 0.4) is 0 Å². The predicted molar refractivity (Wildman–Crippen MR) is 81.4 cm³/mol. The third-order valence-electron chi connectivity index (χ3n) is 5.60. The lowest BCUT2D eigenvalue weighted by atomic mass is 9.83. The second kappa shape index (κ2) is 6.53. The van der Waals surface area contributed by atoms with Gasteiger partial charge in [-0.25, -0.2) is 0 Å². The van der Waals surface area contributed by atoms with E-state index >= 15 is 0 Å². The Kier molecular flexibility index (Phi) is 5.23. The molecule has 2 heterocycles. The zero-order valence-electron chi connectivity index (χ0n) is 13.1. The van der Waals surface area contributed by atoms with Gasteiger partial charge in [-0.1, -0.05) is 6.92 Å². The van der Waals surface area contributed by atoms with Gasteiger partial charge in [-0.05, 0) is 72.5 Å². The number of likely N-dealkylation sites (N-methyl/N-ethyl adjacent to an activating group) is 1. The number of rotatable bonds is 4. The lowest BCUT2D eigenvalue weighted by Gasteiger charge is -2.51. The maximum Gasteiger partial charge on any atom is 0.0355 e. The van der Waals surface area contributed by atoms with Gasteiger partial charge in [0.15, 0.2) is 0 Å². The van der Waals surface area contributed by atoms with E-state index < -0.39 is 0 Å². The van der Waals surface area contributed by atoms with Gasteiger partial charge >= 0.3 is 0 Å². The van der Waals surface area contributed by atoms with E-state index in [0.717, 1.165) is 12.6 Å². The molecule has 0 aromatic rings. The molecular formula is C15H32N4. The number of hydrogen-bond donors (Lipinski definition) is 1. The van der Waals surface area contributed by atoms with Gasteiger partial charge in [0.25, 0.3) is 0 Å². The van der Waals surface area contributed by atoms with Crippen molar-refractivity contribution in [1.29, 1.82) is 0 Å². The monoisotopic (exact) mass is 268 g/mol. The van der Waals surface area contributed by atoms with Crippen molar-refractivity contribution in [2.75, 3.05) is 53.4 Å². The number of nitrogens with zero attached hydrogens (tertiary/aromatic N) is 3. The summed E-state index contributed by atoms with van der Waals surface area (Å²) in [6, 6.07) is 0.730. The Morgan fingerprint density at radius 1 is 1.16 bits per heavy atom. The first-order valence-electron chi connectivity index (χ1n) is 7.95. The number of hydrogen-bond acceptors (Lipinski definition) is 4. The topological polar surface area (TPSA) is 35.7 Å². The fourth-order valence-corrected chi connectivity index (χ4v) is 3.76. The minimum atomic E-state index is 0.256. The minimum absolute atomic E-state index is 0.256. The van der Waals surface area contributed by atoms with Crippen molar-refractivity contribution in [1.82, 2.24) is 14.7 Å². The standard InChI is InChI=1S/C15H32N4/c1-4-19-11-7-15(13-16,8-12-19)18(3)14-5-9-17(2)10-6-14/h14H,4-13,16H2,1-3H3. The highest BCUT2D eigenvalue weighted by atomic mass is 15.3. The maximum absolute atomic E-state index is 6.19. The van der Waals surface area contributed by atoms with E-state index in [1.165, 1.54) is 58.4 Å². The van der Waals surface area contributed by atoms with Crippen molar-refractivity contribution < 1.29 is 0 Å². The molecule has 0 aromatic carbocycles. The predicted octanol–water partition coefficient (Wildman–Crippen LogP) is 0.826. The molecule has 0 spiro atoms. The number of piperidine rings is 2. The van der Waals surface area contributed by atoms with E-state index in [9.17, 15) is 0 Å². The normalized spacial score (nSPS) is 27.0. The highest BCUT2D eigenvalue weighted by Crippen LogP contribution is 2.31. The third-order valence-corrected chi connectivity index (χ3v) is 5.60. The van der Waals surface area contributed by atoms with E-state index in [4.69, 9.17) is 5.73 Å². The Bertz CT molecular complexity index is 265. The molecule has 0 atom stereocenters. The molecule has 2 fully saturated rings. The van der Waals surface area contributed by atoms with Crippen molar-refractivity contribution in [3.63, 3.8) is 0 Å². The molecule has 2 saturated heterocycles. The summed E-state index contributed by atoms with van der Waals surface area (Å²) in [6.07, 6.45) is 5.07. The first kappa shape index (κ1) is 15.2. The fraction of sp³-hybridized carbons (Fsp3) is 1.00. The molecule has 2 aliphatic rings. The second-order valence-electron chi connectivity index (χ2n) is 6.51. The van der Waals surface area contributed by atoms with Crippen LogP contribution < -0.4 is 5.73 Å². The largest absolute Gasteiger partial charge is 0.329 e. The average molecular weight is 268 g/mol.